The molecule has 1 heterocycles. The second-order valence-corrected chi connectivity index (χ2v) is 8.00. The van der Waals surface area contributed by atoms with Gasteiger partial charge in [0.25, 0.3) is 0 Å². The van der Waals surface area contributed by atoms with Gasteiger partial charge in [0.15, 0.2) is 0 Å². The van der Waals surface area contributed by atoms with Gasteiger partial charge in [-0.2, -0.15) is 0 Å². The highest BCUT2D eigenvalue weighted by Gasteiger charge is 2.20. The lowest BCUT2D eigenvalue weighted by atomic mass is 10.0. The highest BCUT2D eigenvalue weighted by Crippen LogP contribution is 2.21. The van der Waals surface area contributed by atoms with E-state index in [4.69, 9.17) is 9.47 Å². The number of hydrogen-bond acceptors (Lipinski definition) is 6. The van der Waals surface area contributed by atoms with Crippen LogP contribution in [0.15, 0.2) is 24.3 Å². The number of nitrogens with one attached hydrogen (secondary N) is 2. The minimum atomic E-state index is -3.45. The largest absolute Gasteiger partial charge is 0.497 e. The number of sulfonamides is 1. The quantitative estimate of drug-likeness (QED) is 0.627. The Labute approximate surface area is 154 Å². The third-order valence-corrected chi connectivity index (χ3v) is 4.83. The van der Waals surface area contributed by atoms with Crippen LogP contribution < -0.4 is 14.8 Å². The Kier molecular flexibility index (Phi) is 7.83. The molecule has 1 atom stereocenters. The third-order valence-electron chi connectivity index (χ3n) is 4.12. The van der Waals surface area contributed by atoms with Crippen LogP contribution in [0.3, 0.4) is 0 Å². The van der Waals surface area contributed by atoms with E-state index in [-0.39, 0.29) is 12.3 Å². The monoisotopic (exact) mass is 385 g/mol. The Morgan fingerprint density at radius 3 is 2.50 bits per heavy atom. The van der Waals surface area contributed by atoms with Gasteiger partial charge in [-0.05, 0) is 17.7 Å². The van der Waals surface area contributed by atoms with Gasteiger partial charge in [0, 0.05) is 32.6 Å². The molecule has 2 N–H and O–H groups in total. The molecule has 0 bridgehead atoms. The lowest BCUT2D eigenvalue weighted by molar-refractivity contribution is -0.121. The molecule has 0 spiro atoms. The summed E-state index contributed by atoms with van der Waals surface area (Å²) in [6.07, 6.45) is 1.11. The van der Waals surface area contributed by atoms with Crippen LogP contribution in [0, 0.1) is 0 Å². The average Bonchev–Trinajstić information content (AvgIpc) is 2.61. The maximum Gasteiger partial charge on any atom is 0.221 e. The fraction of sp³-hybridized carbons (Fsp3) is 0.588. The normalized spacial score (nSPS) is 16.8. The number of methoxy groups -OCH3 is 1. The Balaban J connectivity index is 1.90. The number of carbonyl (C=O) groups excluding carboxylic acids is 1. The SMILES string of the molecule is COc1ccc(C(CC(=O)NCCN2CCOCC2)NS(C)(=O)=O)cc1. The summed E-state index contributed by atoms with van der Waals surface area (Å²) < 4.78 is 36.2. The topological polar surface area (TPSA) is 97.0 Å². The summed E-state index contributed by atoms with van der Waals surface area (Å²) in [4.78, 5) is 14.5. The summed E-state index contributed by atoms with van der Waals surface area (Å²) in [6, 6.07) is 6.36. The zero-order valence-electron chi connectivity index (χ0n) is 15.2. The highest BCUT2D eigenvalue weighted by molar-refractivity contribution is 7.88. The highest BCUT2D eigenvalue weighted by atomic mass is 32.2. The van der Waals surface area contributed by atoms with Crippen molar-refractivity contribution in [3.05, 3.63) is 29.8 Å². The van der Waals surface area contributed by atoms with Gasteiger partial charge in [0.05, 0.1) is 32.6 Å². The van der Waals surface area contributed by atoms with E-state index in [1.807, 2.05) is 0 Å². The molecule has 0 radical (unpaired) electrons. The van der Waals surface area contributed by atoms with E-state index in [0.717, 1.165) is 25.9 Å². The number of benzene rings is 1. The molecular weight excluding hydrogens is 358 g/mol. The molecule has 1 aliphatic rings. The molecule has 9 heteroatoms. The van der Waals surface area contributed by atoms with E-state index in [1.165, 1.54) is 0 Å². The lowest BCUT2D eigenvalue weighted by Gasteiger charge is -2.26. The average molecular weight is 385 g/mol. The molecule has 8 nitrogen and oxygen atoms in total. The predicted octanol–water partition coefficient (Wildman–Crippen LogP) is 0.124. The number of ether oxygens (including phenoxy) is 2. The van der Waals surface area contributed by atoms with Gasteiger partial charge in [-0.25, -0.2) is 13.1 Å². The van der Waals surface area contributed by atoms with Crippen molar-refractivity contribution in [1.29, 1.82) is 0 Å². The molecule has 146 valence electrons. The first kappa shape index (κ1) is 20.6. The molecule has 0 aliphatic carbocycles. The van der Waals surface area contributed by atoms with Gasteiger partial charge in [-0.1, -0.05) is 12.1 Å². The predicted molar refractivity (Wildman–Crippen MR) is 98.6 cm³/mol. The summed E-state index contributed by atoms with van der Waals surface area (Å²) >= 11 is 0. The van der Waals surface area contributed by atoms with Crippen molar-refractivity contribution in [2.75, 3.05) is 52.8 Å². The summed E-state index contributed by atoms with van der Waals surface area (Å²) in [7, 11) is -1.90. The molecule has 26 heavy (non-hydrogen) atoms. The number of nitrogens with zero attached hydrogens (tertiary/aromatic N) is 1. The van der Waals surface area contributed by atoms with Crippen molar-refractivity contribution in [3.63, 3.8) is 0 Å². The van der Waals surface area contributed by atoms with Gasteiger partial charge >= 0.3 is 0 Å². The first-order valence-electron chi connectivity index (χ1n) is 8.55. The van der Waals surface area contributed by atoms with Crippen LogP contribution in [0.1, 0.15) is 18.0 Å². The van der Waals surface area contributed by atoms with E-state index in [2.05, 4.69) is 14.9 Å². The molecule has 1 unspecified atom stereocenters. The van der Waals surface area contributed by atoms with Gasteiger partial charge in [-0.15, -0.1) is 0 Å². The summed E-state index contributed by atoms with van der Waals surface area (Å²) in [6.45, 7) is 4.42. The number of carbonyl (C=O) groups is 1. The Hall–Kier alpha value is -1.68. The van der Waals surface area contributed by atoms with E-state index in [9.17, 15) is 13.2 Å². The molecular formula is C17H27N3O5S. The fourth-order valence-corrected chi connectivity index (χ4v) is 3.49. The molecule has 1 aromatic carbocycles. The van der Waals surface area contributed by atoms with Crippen molar-refractivity contribution in [3.8, 4) is 5.75 Å². The first-order valence-corrected chi connectivity index (χ1v) is 10.4. The van der Waals surface area contributed by atoms with Crippen LogP contribution >= 0.6 is 0 Å². The fourth-order valence-electron chi connectivity index (χ4n) is 2.76. The minimum absolute atomic E-state index is 0.0303. The molecule has 1 fully saturated rings. The van der Waals surface area contributed by atoms with Crippen LogP contribution in [-0.4, -0.2) is 72.0 Å². The molecule has 0 aromatic heterocycles. The van der Waals surface area contributed by atoms with Crippen molar-refractivity contribution < 1.29 is 22.7 Å². The summed E-state index contributed by atoms with van der Waals surface area (Å²) in [5.41, 5.74) is 0.708. The number of morpholine rings is 1. The standard InChI is InChI=1S/C17H27N3O5S/c1-24-15-5-3-14(4-6-15)16(19-26(2,22)23)13-17(21)18-7-8-20-9-11-25-12-10-20/h3-6,16,19H,7-13H2,1-2H3,(H,18,21). The van der Waals surface area contributed by atoms with Crippen LogP contribution in [0.4, 0.5) is 0 Å². The van der Waals surface area contributed by atoms with Crippen molar-refractivity contribution >= 4 is 15.9 Å². The second-order valence-electron chi connectivity index (χ2n) is 6.22. The molecule has 0 saturated carbocycles. The number of rotatable bonds is 9. The first-order chi connectivity index (χ1) is 12.4. The van der Waals surface area contributed by atoms with Gasteiger partial charge < -0.3 is 14.8 Å². The van der Waals surface area contributed by atoms with E-state index < -0.39 is 16.1 Å². The number of hydrogen-bond donors (Lipinski definition) is 2. The van der Waals surface area contributed by atoms with E-state index in [1.54, 1.807) is 31.4 Å². The molecule has 1 amide bonds. The Bertz CT molecular complexity index is 672. The molecule has 1 aromatic rings. The lowest BCUT2D eigenvalue weighted by Crippen LogP contribution is -2.42. The van der Waals surface area contributed by atoms with Gasteiger partial charge in [0.1, 0.15) is 5.75 Å². The van der Waals surface area contributed by atoms with Gasteiger partial charge in [-0.3, -0.25) is 9.69 Å². The Morgan fingerprint density at radius 2 is 1.92 bits per heavy atom. The van der Waals surface area contributed by atoms with Crippen molar-refractivity contribution in [1.82, 2.24) is 14.9 Å². The minimum Gasteiger partial charge on any atom is -0.497 e. The van der Waals surface area contributed by atoms with Crippen molar-refractivity contribution in [2.45, 2.75) is 12.5 Å². The van der Waals surface area contributed by atoms with Crippen LogP contribution in [-0.2, 0) is 19.6 Å². The summed E-state index contributed by atoms with van der Waals surface area (Å²) in [5.74, 6) is 0.469. The van der Waals surface area contributed by atoms with Crippen molar-refractivity contribution in [2.24, 2.45) is 0 Å². The van der Waals surface area contributed by atoms with Gasteiger partial charge in [0.2, 0.25) is 15.9 Å². The van der Waals surface area contributed by atoms with Crippen LogP contribution in [0.25, 0.3) is 0 Å². The maximum atomic E-state index is 12.3. The van der Waals surface area contributed by atoms with Crippen LogP contribution in [0.2, 0.25) is 0 Å². The second kappa shape index (κ2) is 9.86. The van der Waals surface area contributed by atoms with Crippen LogP contribution in [0.5, 0.6) is 5.75 Å². The zero-order chi connectivity index (χ0) is 19.0. The van der Waals surface area contributed by atoms with E-state index in [0.29, 0.717) is 31.1 Å². The molecule has 1 saturated heterocycles. The molecule has 2 rings (SSSR count). The third kappa shape index (κ3) is 7.28. The maximum absolute atomic E-state index is 12.3. The smallest absolute Gasteiger partial charge is 0.221 e. The summed E-state index contributed by atoms with van der Waals surface area (Å²) in [5, 5.41) is 2.86. The Morgan fingerprint density at radius 1 is 1.27 bits per heavy atom. The molecule has 1 aliphatic heterocycles. The number of amides is 1. The zero-order valence-corrected chi connectivity index (χ0v) is 16.0. The van der Waals surface area contributed by atoms with E-state index >= 15 is 0 Å².